The molecular formula is C9H9BrIN3. The van der Waals surface area contributed by atoms with Gasteiger partial charge >= 0.3 is 0 Å². The molecule has 0 atom stereocenters. The summed E-state index contributed by atoms with van der Waals surface area (Å²) in [6.45, 7) is 0.827. The van der Waals surface area contributed by atoms with Crippen LogP contribution in [0.25, 0.3) is 5.65 Å². The number of aromatic nitrogens is 2. The molecule has 2 aromatic heterocycles. The number of halogens is 2. The molecule has 74 valence electrons. The normalized spacial score (nSPS) is 11.1. The Bertz CT molecular complexity index is 466. The number of hydrogen-bond acceptors (Lipinski definition) is 2. The molecular weight excluding hydrogens is 357 g/mol. The maximum Gasteiger partial charge on any atom is 0.150 e. The second-order valence-corrected chi connectivity index (χ2v) is 5.06. The van der Waals surface area contributed by atoms with Gasteiger partial charge in [0.15, 0.2) is 5.65 Å². The Morgan fingerprint density at radius 1 is 1.64 bits per heavy atom. The van der Waals surface area contributed by atoms with Gasteiger partial charge in [0.1, 0.15) is 0 Å². The summed E-state index contributed by atoms with van der Waals surface area (Å²) in [6, 6.07) is 2.06. The summed E-state index contributed by atoms with van der Waals surface area (Å²) in [6.07, 6.45) is 3.94. The second kappa shape index (κ2) is 4.16. The minimum atomic E-state index is 0.827. The largest absolute Gasteiger partial charge is 0.314 e. The van der Waals surface area contributed by atoms with E-state index in [-0.39, 0.29) is 0 Å². The standard InChI is InChI=1S/C9H9BrIN3/c1-12-3-7-4-13-9-8(11)2-6(10)5-14(7)9/h2,4-5,12H,3H2,1H3. The van der Waals surface area contributed by atoms with E-state index in [2.05, 4.69) is 59.3 Å². The molecule has 2 rings (SSSR count). The summed E-state index contributed by atoms with van der Waals surface area (Å²) in [5, 5.41) is 3.12. The van der Waals surface area contributed by atoms with Crippen molar-refractivity contribution in [1.82, 2.24) is 14.7 Å². The quantitative estimate of drug-likeness (QED) is 0.828. The van der Waals surface area contributed by atoms with Crippen LogP contribution < -0.4 is 5.32 Å². The van der Waals surface area contributed by atoms with Crippen LogP contribution >= 0.6 is 38.5 Å². The molecule has 2 heterocycles. The van der Waals surface area contributed by atoms with E-state index in [1.165, 1.54) is 5.69 Å². The van der Waals surface area contributed by atoms with E-state index < -0.39 is 0 Å². The lowest BCUT2D eigenvalue weighted by Crippen LogP contribution is -2.07. The summed E-state index contributed by atoms with van der Waals surface area (Å²) in [7, 11) is 1.93. The van der Waals surface area contributed by atoms with Gasteiger partial charge in [-0.05, 0) is 51.6 Å². The summed E-state index contributed by atoms with van der Waals surface area (Å²) in [4.78, 5) is 4.37. The van der Waals surface area contributed by atoms with Crippen LogP contribution in [0, 0.1) is 3.57 Å². The lowest BCUT2D eigenvalue weighted by atomic mass is 10.4. The molecule has 0 saturated carbocycles. The van der Waals surface area contributed by atoms with Crippen molar-refractivity contribution in [2.75, 3.05) is 7.05 Å². The van der Waals surface area contributed by atoms with E-state index in [1.807, 2.05) is 19.4 Å². The third kappa shape index (κ3) is 1.80. The van der Waals surface area contributed by atoms with Crippen molar-refractivity contribution in [3.05, 3.63) is 32.2 Å². The van der Waals surface area contributed by atoms with Gasteiger partial charge in [-0.15, -0.1) is 0 Å². The molecule has 0 fully saturated rings. The number of imidazole rings is 1. The van der Waals surface area contributed by atoms with Crippen LogP contribution in [0.2, 0.25) is 0 Å². The molecule has 2 aromatic rings. The van der Waals surface area contributed by atoms with Gasteiger partial charge in [0.25, 0.3) is 0 Å². The SMILES string of the molecule is CNCc1cnc2c(I)cc(Br)cn12. The van der Waals surface area contributed by atoms with E-state index in [1.54, 1.807) is 0 Å². The number of rotatable bonds is 2. The molecule has 0 aliphatic rings. The molecule has 5 heteroatoms. The van der Waals surface area contributed by atoms with Gasteiger partial charge in [-0.2, -0.15) is 0 Å². The summed E-state index contributed by atoms with van der Waals surface area (Å²) < 4.78 is 4.33. The molecule has 0 spiro atoms. The minimum Gasteiger partial charge on any atom is -0.314 e. The van der Waals surface area contributed by atoms with Gasteiger partial charge < -0.3 is 9.72 Å². The highest BCUT2D eigenvalue weighted by atomic mass is 127. The van der Waals surface area contributed by atoms with Gasteiger partial charge in [-0.1, -0.05) is 0 Å². The van der Waals surface area contributed by atoms with Crippen LogP contribution in [0.1, 0.15) is 5.69 Å². The molecule has 14 heavy (non-hydrogen) atoms. The minimum absolute atomic E-state index is 0.827. The Morgan fingerprint density at radius 2 is 2.43 bits per heavy atom. The summed E-state index contributed by atoms with van der Waals surface area (Å²) in [5.41, 5.74) is 2.18. The first kappa shape index (κ1) is 10.4. The molecule has 3 nitrogen and oxygen atoms in total. The van der Waals surface area contributed by atoms with Gasteiger partial charge in [0.05, 0.1) is 15.5 Å². The zero-order chi connectivity index (χ0) is 10.1. The van der Waals surface area contributed by atoms with E-state index in [0.717, 1.165) is 20.2 Å². The Morgan fingerprint density at radius 3 is 3.14 bits per heavy atom. The first-order valence-electron chi connectivity index (χ1n) is 4.18. The number of hydrogen-bond donors (Lipinski definition) is 1. The van der Waals surface area contributed by atoms with Crippen molar-refractivity contribution >= 4 is 44.2 Å². The first-order chi connectivity index (χ1) is 6.72. The molecule has 0 aliphatic heterocycles. The fourth-order valence-electron chi connectivity index (χ4n) is 1.38. The molecule has 0 aromatic carbocycles. The van der Waals surface area contributed by atoms with Crippen molar-refractivity contribution in [2.45, 2.75) is 6.54 Å². The van der Waals surface area contributed by atoms with Crippen molar-refractivity contribution in [3.63, 3.8) is 0 Å². The Balaban J connectivity index is 2.66. The summed E-state index contributed by atoms with van der Waals surface area (Å²) >= 11 is 5.77. The van der Waals surface area contributed by atoms with Gasteiger partial charge in [0.2, 0.25) is 0 Å². The number of pyridine rings is 1. The van der Waals surface area contributed by atoms with Crippen LogP contribution in [0.15, 0.2) is 22.9 Å². The predicted octanol–water partition coefficient (Wildman–Crippen LogP) is 2.42. The highest BCUT2D eigenvalue weighted by molar-refractivity contribution is 14.1. The van der Waals surface area contributed by atoms with Gasteiger partial charge in [-0.3, -0.25) is 0 Å². The Kier molecular flexibility index (Phi) is 3.08. The number of nitrogens with zero attached hydrogens (tertiary/aromatic N) is 2. The lowest BCUT2D eigenvalue weighted by molar-refractivity contribution is 0.781. The highest BCUT2D eigenvalue weighted by Crippen LogP contribution is 2.20. The van der Waals surface area contributed by atoms with Crippen LogP contribution in [0.4, 0.5) is 0 Å². The van der Waals surface area contributed by atoms with Crippen molar-refractivity contribution in [3.8, 4) is 0 Å². The van der Waals surface area contributed by atoms with Gasteiger partial charge in [0, 0.05) is 17.2 Å². The maximum absolute atomic E-state index is 4.37. The second-order valence-electron chi connectivity index (χ2n) is 2.98. The van der Waals surface area contributed by atoms with E-state index in [9.17, 15) is 0 Å². The molecule has 0 amide bonds. The van der Waals surface area contributed by atoms with E-state index in [4.69, 9.17) is 0 Å². The number of fused-ring (bicyclic) bond motifs is 1. The fraction of sp³-hybridized carbons (Fsp3) is 0.222. The topological polar surface area (TPSA) is 29.3 Å². The number of nitrogens with one attached hydrogen (secondary N) is 1. The molecule has 0 aliphatic carbocycles. The predicted molar refractivity (Wildman–Crippen MR) is 68.4 cm³/mol. The first-order valence-corrected chi connectivity index (χ1v) is 6.05. The third-order valence-electron chi connectivity index (χ3n) is 1.96. The van der Waals surface area contributed by atoms with Crippen LogP contribution in [-0.4, -0.2) is 16.4 Å². The summed E-state index contributed by atoms with van der Waals surface area (Å²) in [5.74, 6) is 0. The molecule has 0 unspecified atom stereocenters. The zero-order valence-corrected chi connectivity index (χ0v) is 11.3. The lowest BCUT2D eigenvalue weighted by Gasteiger charge is -2.02. The van der Waals surface area contributed by atoms with E-state index >= 15 is 0 Å². The van der Waals surface area contributed by atoms with E-state index in [0.29, 0.717) is 0 Å². The fourth-order valence-corrected chi connectivity index (χ4v) is 2.97. The molecule has 0 bridgehead atoms. The van der Waals surface area contributed by atoms with Gasteiger partial charge in [-0.25, -0.2) is 4.98 Å². The van der Waals surface area contributed by atoms with Crippen LogP contribution in [-0.2, 0) is 6.54 Å². The average molecular weight is 366 g/mol. The van der Waals surface area contributed by atoms with Crippen molar-refractivity contribution in [1.29, 1.82) is 0 Å². The van der Waals surface area contributed by atoms with Crippen LogP contribution in [0.5, 0.6) is 0 Å². The smallest absolute Gasteiger partial charge is 0.150 e. The highest BCUT2D eigenvalue weighted by Gasteiger charge is 2.06. The monoisotopic (exact) mass is 365 g/mol. The molecule has 1 N–H and O–H groups in total. The van der Waals surface area contributed by atoms with Crippen molar-refractivity contribution < 1.29 is 0 Å². The van der Waals surface area contributed by atoms with Crippen molar-refractivity contribution in [2.24, 2.45) is 0 Å². The third-order valence-corrected chi connectivity index (χ3v) is 3.19. The maximum atomic E-state index is 4.37. The van der Waals surface area contributed by atoms with Crippen LogP contribution in [0.3, 0.4) is 0 Å². The molecule has 0 radical (unpaired) electrons. The average Bonchev–Trinajstić information content (AvgIpc) is 2.49. The zero-order valence-electron chi connectivity index (χ0n) is 7.59. The Hall–Kier alpha value is -0.140. The Labute approximate surface area is 104 Å². The molecule has 0 saturated heterocycles.